The molecule has 0 bridgehead atoms. The van der Waals surface area contributed by atoms with E-state index in [9.17, 15) is 18.0 Å². The van der Waals surface area contributed by atoms with E-state index < -0.39 is 17.3 Å². The predicted molar refractivity (Wildman–Crippen MR) is 56.6 cm³/mol. The number of carbonyl (C=O) groups excluding carboxylic acids is 1. The molecule has 0 spiro atoms. The Hall–Kier alpha value is -1.33. The molecule has 0 fully saturated rings. The summed E-state index contributed by atoms with van der Waals surface area (Å²) < 4.78 is 38.8. The maximum Gasteiger partial charge on any atom is 0.435 e. The standard InChI is InChI=1S/C11H15F3N2O/c1-7(17)6-16-9(10(2,3)4)5-8(15-16)11(12,13)14/h5H,6H2,1-4H3. The van der Waals surface area contributed by atoms with Crippen LogP contribution in [-0.4, -0.2) is 15.6 Å². The second-order valence-electron chi connectivity index (χ2n) is 5.02. The van der Waals surface area contributed by atoms with Gasteiger partial charge in [0.15, 0.2) is 11.5 Å². The van der Waals surface area contributed by atoms with Gasteiger partial charge < -0.3 is 0 Å². The van der Waals surface area contributed by atoms with Crippen molar-refractivity contribution in [3.63, 3.8) is 0 Å². The fraction of sp³-hybridized carbons (Fsp3) is 0.636. The normalized spacial score (nSPS) is 12.9. The molecule has 0 aromatic carbocycles. The number of carbonyl (C=O) groups is 1. The van der Waals surface area contributed by atoms with Crippen LogP contribution in [-0.2, 0) is 22.9 Å². The van der Waals surface area contributed by atoms with Crippen LogP contribution in [0.2, 0.25) is 0 Å². The van der Waals surface area contributed by atoms with Crippen LogP contribution in [0.15, 0.2) is 6.07 Å². The highest BCUT2D eigenvalue weighted by Crippen LogP contribution is 2.32. The molecule has 1 heterocycles. The molecule has 1 rings (SSSR count). The molecular weight excluding hydrogens is 233 g/mol. The Balaban J connectivity index is 3.27. The summed E-state index contributed by atoms with van der Waals surface area (Å²) in [6, 6.07) is 1.00. The number of alkyl halides is 3. The highest BCUT2D eigenvalue weighted by atomic mass is 19.4. The molecule has 1 aromatic heterocycles. The van der Waals surface area contributed by atoms with E-state index in [0.717, 1.165) is 10.7 Å². The van der Waals surface area contributed by atoms with Gasteiger partial charge in [0.25, 0.3) is 0 Å². The fourth-order valence-corrected chi connectivity index (χ4v) is 1.49. The lowest BCUT2D eigenvalue weighted by molar-refractivity contribution is -0.141. The van der Waals surface area contributed by atoms with Crippen LogP contribution >= 0.6 is 0 Å². The van der Waals surface area contributed by atoms with Gasteiger partial charge in [0, 0.05) is 11.1 Å². The molecule has 0 saturated carbocycles. The van der Waals surface area contributed by atoms with Crippen LogP contribution in [0, 0.1) is 0 Å². The molecule has 0 saturated heterocycles. The molecule has 0 N–H and O–H groups in total. The van der Waals surface area contributed by atoms with E-state index in [1.165, 1.54) is 6.92 Å². The molecule has 3 nitrogen and oxygen atoms in total. The van der Waals surface area contributed by atoms with Crippen LogP contribution in [0.5, 0.6) is 0 Å². The average molecular weight is 248 g/mol. The van der Waals surface area contributed by atoms with Crippen molar-refractivity contribution < 1.29 is 18.0 Å². The molecule has 0 aliphatic rings. The van der Waals surface area contributed by atoms with Crippen molar-refractivity contribution >= 4 is 5.78 Å². The maximum absolute atomic E-state index is 12.5. The summed E-state index contributed by atoms with van der Waals surface area (Å²) in [4.78, 5) is 11.0. The maximum atomic E-state index is 12.5. The van der Waals surface area contributed by atoms with Crippen molar-refractivity contribution in [2.45, 2.75) is 45.8 Å². The first kappa shape index (κ1) is 13.7. The molecule has 0 atom stereocenters. The van der Waals surface area contributed by atoms with E-state index in [0.29, 0.717) is 5.69 Å². The van der Waals surface area contributed by atoms with Gasteiger partial charge in [-0.15, -0.1) is 0 Å². The molecule has 17 heavy (non-hydrogen) atoms. The van der Waals surface area contributed by atoms with E-state index in [4.69, 9.17) is 0 Å². The van der Waals surface area contributed by atoms with Crippen LogP contribution in [0.3, 0.4) is 0 Å². The Morgan fingerprint density at radius 1 is 1.35 bits per heavy atom. The fourth-order valence-electron chi connectivity index (χ4n) is 1.49. The largest absolute Gasteiger partial charge is 0.435 e. The minimum absolute atomic E-state index is 0.136. The molecule has 96 valence electrons. The van der Waals surface area contributed by atoms with Gasteiger partial charge >= 0.3 is 6.18 Å². The summed E-state index contributed by atoms with van der Waals surface area (Å²) in [7, 11) is 0. The number of hydrogen-bond donors (Lipinski definition) is 0. The Bertz CT molecular complexity index is 427. The molecule has 1 aromatic rings. The van der Waals surface area contributed by atoms with Crippen molar-refractivity contribution in [3.05, 3.63) is 17.5 Å². The van der Waals surface area contributed by atoms with Crippen molar-refractivity contribution in [1.29, 1.82) is 0 Å². The van der Waals surface area contributed by atoms with Gasteiger partial charge in [-0.05, 0) is 13.0 Å². The van der Waals surface area contributed by atoms with Gasteiger partial charge in [-0.3, -0.25) is 9.48 Å². The third kappa shape index (κ3) is 3.31. The lowest BCUT2D eigenvalue weighted by Gasteiger charge is -2.19. The Kier molecular flexibility index (Phi) is 3.36. The Labute approximate surface area is 97.6 Å². The summed E-state index contributed by atoms with van der Waals surface area (Å²) in [6.07, 6.45) is -4.48. The van der Waals surface area contributed by atoms with Gasteiger partial charge in [-0.1, -0.05) is 20.8 Å². The second kappa shape index (κ2) is 4.16. The van der Waals surface area contributed by atoms with E-state index in [2.05, 4.69) is 5.10 Å². The predicted octanol–water partition coefficient (Wildman–Crippen LogP) is 2.79. The van der Waals surface area contributed by atoms with Gasteiger partial charge in [0.05, 0.1) is 6.54 Å². The van der Waals surface area contributed by atoms with E-state index in [-0.39, 0.29) is 12.3 Å². The monoisotopic (exact) mass is 248 g/mol. The van der Waals surface area contributed by atoms with E-state index in [1.807, 2.05) is 0 Å². The number of halogens is 3. The first-order valence-electron chi connectivity index (χ1n) is 5.17. The number of hydrogen-bond acceptors (Lipinski definition) is 2. The molecule has 0 unspecified atom stereocenters. The molecular formula is C11H15F3N2O. The van der Waals surface area contributed by atoms with Crippen LogP contribution in [0.4, 0.5) is 13.2 Å². The van der Waals surface area contributed by atoms with Crippen molar-refractivity contribution in [2.24, 2.45) is 0 Å². The van der Waals surface area contributed by atoms with E-state index in [1.54, 1.807) is 20.8 Å². The summed E-state index contributed by atoms with van der Waals surface area (Å²) in [5.41, 5.74) is -1.05. The molecule has 0 aliphatic heterocycles. The molecule has 0 amide bonds. The number of Topliss-reactive ketones (excluding diaryl/α,β-unsaturated/α-hetero) is 1. The van der Waals surface area contributed by atoms with Crippen molar-refractivity contribution in [3.8, 4) is 0 Å². The molecule has 6 heteroatoms. The minimum Gasteiger partial charge on any atom is -0.298 e. The number of nitrogens with zero attached hydrogens (tertiary/aromatic N) is 2. The SMILES string of the molecule is CC(=O)Cn1nc(C(F)(F)F)cc1C(C)(C)C. The van der Waals surface area contributed by atoms with Crippen LogP contribution < -0.4 is 0 Å². The second-order valence-corrected chi connectivity index (χ2v) is 5.02. The van der Waals surface area contributed by atoms with Gasteiger partial charge in [-0.2, -0.15) is 18.3 Å². The Morgan fingerprint density at radius 3 is 2.24 bits per heavy atom. The number of rotatable bonds is 2. The van der Waals surface area contributed by atoms with Crippen molar-refractivity contribution in [2.75, 3.05) is 0 Å². The lowest BCUT2D eigenvalue weighted by Crippen LogP contribution is -2.20. The summed E-state index contributed by atoms with van der Waals surface area (Å²) in [6.45, 7) is 6.52. The Morgan fingerprint density at radius 2 is 1.88 bits per heavy atom. The van der Waals surface area contributed by atoms with E-state index >= 15 is 0 Å². The minimum atomic E-state index is -4.48. The molecule has 0 aliphatic carbocycles. The zero-order valence-electron chi connectivity index (χ0n) is 10.2. The van der Waals surface area contributed by atoms with Gasteiger partial charge in [0.1, 0.15) is 0 Å². The quantitative estimate of drug-likeness (QED) is 0.806. The highest BCUT2D eigenvalue weighted by Gasteiger charge is 2.36. The third-order valence-electron chi connectivity index (χ3n) is 2.21. The van der Waals surface area contributed by atoms with Gasteiger partial charge in [-0.25, -0.2) is 0 Å². The summed E-state index contributed by atoms with van der Waals surface area (Å²) in [5.74, 6) is -0.229. The highest BCUT2D eigenvalue weighted by molar-refractivity contribution is 5.75. The van der Waals surface area contributed by atoms with Crippen LogP contribution in [0.1, 0.15) is 39.1 Å². The van der Waals surface area contributed by atoms with Crippen LogP contribution in [0.25, 0.3) is 0 Å². The lowest BCUT2D eigenvalue weighted by atomic mass is 9.92. The number of aromatic nitrogens is 2. The zero-order chi connectivity index (χ0) is 13.4. The van der Waals surface area contributed by atoms with Crippen molar-refractivity contribution in [1.82, 2.24) is 9.78 Å². The zero-order valence-corrected chi connectivity index (χ0v) is 10.2. The molecule has 0 radical (unpaired) electrons. The third-order valence-corrected chi connectivity index (χ3v) is 2.21. The average Bonchev–Trinajstić information content (AvgIpc) is 2.44. The smallest absolute Gasteiger partial charge is 0.298 e. The topological polar surface area (TPSA) is 34.9 Å². The number of ketones is 1. The summed E-state index contributed by atoms with van der Waals surface area (Å²) >= 11 is 0. The first-order chi connectivity index (χ1) is 7.51. The first-order valence-corrected chi connectivity index (χ1v) is 5.17. The van der Waals surface area contributed by atoms with Gasteiger partial charge in [0.2, 0.25) is 0 Å². The summed E-state index contributed by atoms with van der Waals surface area (Å²) in [5, 5.41) is 3.46.